The highest BCUT2D eigenvalue weighted by molar-refractivity contribution is 7.58. The fraction of sp³-hybridized carbons (Fsp3) is 0.286. The van der Waals surface area contributed by atoms with E-state index < -0.39 is 25.2 Å². The summed E-state index contributed by atoms with van der Waals surface area (Å²) in [5.41, 5.74) is 2.59. The van der Waals surface area contributed by atoms with Crippen molar-refractivity contribution in [3.63, 3.8) is 0 Å². The van der Waals surface area contributed by atoms with E-state index in [1.54, 1.807) is 0 Å². The van der Waals surface area contributed by atoms with Crippen molar-refractivity contribution < 1.29 is 28.2 Å². The maximum Gasteiger partial charge on any atom is 0.309 e. The van der Waals surface area contributed by atoms with E-state index in [1.165, 1.54) is 7.11 Å². The highest BCUT2D eigenvalue weighted by Gasteiger charge is 2.32. The quantitative estimate of drug-likeness (QED) is 0.214. The Morgan fingerprint density at radius 2 is 1.23 bits per heavy atom. The van der Waals surface area contributed by atoms with Gasteiger partial charge in [-0.2, -0.15) is 0 Å². The third kappa shape index (κ3) is 9.16. The van der Waals surface area contributed by atoms with Crippen LogP contribution in [0.15, 0.2) is 91.0 Å². The molecule has 0 saturated carbocycles. The SMILES string of the molecule is COP(=O)(Cc1ccccc1)CC(CCC(=O)OCc1ccccc1)C(=O)OCc1ccccc1. The van der Waals surface area contributed by atoms with Crippen molar-refractivity contribution in [2.75, 3.05) is 13.3 Å². The van der Waals surface area contributed by atoms with Gasteiger partial charge in [-0.1, -0.05) is 91.0 Å². The highest BCUT2D eigenvalue weighted by Crippen LogP contribution is 2.51. The minimum absolute atomic E-state index is 0.00693. The standard InChI is InChI=1S/C28H31O6P/c1-32-35(31,21-25-15-9-4-10-16-25)22-26(28(30)34-20-24-13-7-3-8-14-24)17-18-27(29)33-19-23-11-5-2-6-12-23/h2-16,26H,17-22H2,1H3. The summed E-state index contributed by atoms with van der Waals surface area (Å²) in [5.74, 6) is -1.70. The molecule has 2 atom stereocenters. The van der Waals surface area contributed by atoms with Crippen LogP contribution in [0.3, 0.4) is 0 Å². The van der Waals surface area contributed by atoms with Gasteiger partial charge in [-0.15, -0.1) is 0 Å². The van der Waals surface area contributed by atoms with Crippen LogP contribution < -0.4 is 0 Å². The van der Waals surface area contributed by atoms with Gasteiger partial charge in [0.05, 0.1) is 5.92 Å². The Bertz CT molecular complexity index is 1100. The molecule has 184 valence electrons. The lowest BCUT2D eigenvalue weighted by molar-refractivity contribution is -0.150. The van der Waals surface area contributed by atoms with Crippen molar-refractivity contribution in [3.8, 4) is 0 Å². The molecule has 0 aromatic heterocycles. The molecular weight excluding hydrogens is 463 g/mol. The van der Waals surface area contributed by atoms with Crippen LogP contribution in [0.4, 0.5) is 0 Å². The van der Waals surface area contributed by atoms with E-state index in [2.05, 4.69) is 0 Å². The Morgan fingerprint density at radius 1 is 0.743 bits per heavy atom. The van der Waals surface area contributed by atoms with E-state index in [-0.39, 0.29) is 38.4 Å². The monoisotopic (exact) mass is 494 g/mol. The first kappa shape index (κ1) is 26.4. The van der Waals surface area contributed by atoms with Crippen molar-refractivity contribution in [1.82, 2.24) is 0 Å². The highest BCUT2D eigenvalue weighted by atomic mass is 31.2. The number of rotatable bonds is 13. The van der Waals surface area contributed by atoms with Crippen molar-refractivity contribution in [3.05, 3.63) is 108 Å². The normalized spacial score (nSPS) is 13.4. The molecule has 6 nitrogen and oxygen atoms in total. The van der Waals surface area contributed by atoms with E-state index >= 15 is 0 Å². The topological polar surface area (TPSA) is 78.9 Å². The first-order valence-corrected chi connectivity index (χ1v) is 13.5. The van der Waals surface area contributed by atoms with Crippen LogP contribution >= 0.6 is 7.37 Å². The number of ether oxygens (including phenoxy) is 2. The zero-order chi connectivity index (χ0) is 24.9. The van der Waals surface area contributed by atoms with Crippen LogP contribution in [-0.4, -0.2) is 25.2 Å². The Hall–Kier alpha value is -3.21. The summed E-state index contributed by atoms with van der Waals surface area (Å²) in [5, 5.41) is 0. The van der Waals surface area contributed by atoms with Gasteiger partial charge in [0, 0.05) is 25.9 Å². The summed E-state index contributed by atoms with van der Waals surface area (Å²) in [7, 11) is -1.81. The summed E-state index contributed by atoms with van der Waals surface area (Å²) in [6, 6.07) is 28.1. The van der Waals surface area contributed by atoms with Crippen LogP contribution in [-0.2, 0) is 47.5 Å². The molecule has 0 aliphatic heterocycles. The van der Waals surface area contributed by atoms with Crippen molar-refractivity contribution in [2.24, 2.45) is 5.92 Å². The molecule has 0 spiro atoms. The number of hydrogen-bond donors (Lipinski definition) is 0. The fourth-order valence-corrected chi connectivity index (χ4v) is 5.81. The molecule has 2 unspecified atom stereocenters. The zero-order valence-corrected chi connectivity index (χ0v) is 20.8. The lowest BCUT2D eigenvalue weighted by atomic mass is 10.1. The summed E-state index contributed by atoms with van der Waals surface area (Å²) >= 11 is 0. The van der Waals surface area contributed by atoms with E-state index in [0.29, 0.717) is 0 Å². The molecule has 0 radical (unpaired) electrons. The van der Waals surface area contributed by atoms with Gasteiger partial charge < -0.3 is 14.0 Å². The minimum Gasteiger partial charge on any atom is -0.461 e. The van der Waals surface area contributed by atoms with Crippen molar-refractivity contribution in [1.29, 1.82) is 0 Å². The molecule has 3 rings (SSSR count). The lowest BCUT2D eigenvalue weighted by Gasteiger charge is -2.22. The van der Waals surface area contributed by atoms with Crippen molar-refractivity contribution >= 4 is 19.3 Å². The van der Waals surface area contributed by atoms with Gasteiger partial charge >= 0.3 is 11.9 Å². The van der Waals surface area contributed by atoms with Crippen LogP contribution in [0.2, 0.25) is 0 Å². The number of carbonyl (C=O) groups is 2. The number of hydrogen-bond acceptors (Lipinski definition) is 6. The van der Waals surface area contributed by atoms with Gasteiger partial charge in [0.25, 0.3) is 0 Å². The first-order valence-electron chi connectivity index (χ1n) is 11.6. The minimum atomic E-state index is -3.20. The molecule has 35 heavy (non-hydrogen) atoms. The molecule has 0 N–H and O–H groups in total. The number of carbonyl (C=O) groups excluding carboxylic acids is 2. The van der Waals surface area contributed by atoms with E-state index in [4.69, 9.17) is 14.0 Å². The fourth-order valence-electron chi connectivity index (χ4n) is 3.63. The smallest absolute Gasteiger partial charge is 0.309 e. The first-order chi connectivity index (χ1) is 17.0. The Balaban J connectivity index is 1.64. The molecule has 0 fully saturated rings. The summed E-state index contributed by atoms with van der Waals surface area (Å²) in [6.45, 7) is 0.262. The van der Waals surface area contributed by atoms with Gasteiger partial charge in [-0.25, -0.2) is 0 Å². The van der Waals surface area contributed by atoms with Gasteiger partial charge in [-0.3, -0.25) is 14.2 Å². The summed E-state index contributed by atoms with van der Waals surface area (Å²) in [6.07, 6.45) is 0.347. The third-order valence-electron chi connectivity index (χ3n) is 5.59. The maximum absolute atomic E-state index is 13.5. The Labute approximate surface area is 206 Å². The average molecular weight is 495 g/mol. The Kier molecular flexibility index (Phi) is 10.3. The molecule has 0 heterocycles. The van der Waals surface area contributed by atoms with E-state index in [1.807, 2.05) is 91.0 Å². The van der Waals surface area contributed by atoms with Gasteiger partial charge in [0.15, 0.2) is 0 Å². The van der Waals surface area contributed by atoms with Gasteiger partial charge in [0.2, 0.25) is 7.37 Å². The predicted octanol–water partition coefficient (Wildman–Crippen LogP) is 5.99. The molecule has 0 bridgehead atoms. The number of benzene rings is 3. The largest absolute Gasteiger partial charge is 0.461 e. The molecule has 3 aromatic rings. The van der Waals surface area contributed by atoms with Crippen molar-refractivity contribution in [2.45, 2.75) is 32.2 Å². The lowest BCUT2D eigenvalue weighted by Crippen LogP contribution is -2.23. The average Bonchev–Trinajstić information content (AvgIpc) is 2.90. The molecule has 0 amide bonds. The summed E-state index contributed by atoms with van der Waals surface area (Å²) in [4.78, 5) is 25.4. The van der Waals surface area contributed by atoms with Crippen LogP contribution in [0.1, 0.15) is 29.5 Å². The third-order valence-corrected chi connectivity index (χ3v) is 8.10. The molecular formula is C28H31O6P. The Morgan fingerprint density at radius 3 is 1.74 bits per heavy atom. The number of esters is 2. The van der Waals surface area contributed by atoms with E-state index in [0.717, 1.165) is 16.7 Å². The molecule has 0 aliphatic carbocycles. The molecule has 3 aromatic carbocycles. The van der Waals surface area contributed by atoms with Crippen LogP contribution in [0, 0.1) is 5.92 Å². The predicted molar refractivity (Wildman–Crippen MR) is 135 cm³/mol. The molecule has 7 heteroatoms. The van der Waals surface area contributed by atoms with Gasteiger partial charge in [0.1, 0.15) is 13.2 Å². The second-order valence-electron chi connectivity index (χ2n) is 8.30. The second kappa shape index (κ2) is 13.6. The summed E-state index contributed by atoms with van der Waals surface area (Å²) < 4.78 is 29.9. The molecule has 0 saturated heterocycles. The van der Waals surface area contributed by atoms with Crippen LogP contribution in [0.5, 0.6) is 0 Å². The maximum atomic E-state index is 13.5. The van der Waals surface area contributed by atoms with E-state index in [9.17, 15) is 14.2 Å². The zero-order valence-electron chi connectivity index (χ0n) is 19.9. The second-order valence-corrected chi connectivity index (χ2v) is 11.0. The van der Waals surface area contributed by atoms with Crippen LogP contribution in [0.25, 0.3) is 0 Å². The van der Waals surface area contributed by atoms with Gasteiger partial charge in [-0.05, 0) is 23.1 Å². The molecule has 0 aliphatic rings.